The highest BCUT2D eigenvalue weighted by atomic mass is 16.5. The van der Waals surface area contributed by atoms with E-state index >= 15 is 0 Å². The fourth-order valence-electron chi connectivity index (χ4n) is 4.08. The lowest BCUT2D eigenvalue weighted by Gasteiger charge is -2.31. The van der Waals surface area contributed by atoms with Gasteiger partial charge in [0.25, 0.3) is 0 Å². The lowest BCUT2D eigenvalue weighted by atomic mass is 10.0. The highest BCUT2D eigenvalue weighted by Crippen LogP contribution is 2.39. The molecule has 0 radical (unpaired) electrons. The van der Waals surface area contributed by atoms with Crippen LogP contribution in [0.1, 0.15) is 30.5 Å². The smallest absolute Gasteiger partial charge is 0.229 e. The second-order valence-corrected chi connectivity index (χ2v) is 8.20. The summed E-state index contributed by atoms with van der Waals surface area (Å²) in [7, 11) is 0. The molecule has 0 saturated carbocycles. The van der Waals surface area contributed by atoms with Crippen LogP contribution >= 0.6 is 0 Å². The first kappa shape index (κ1) is 23.0. The average molecular weight is 453 g/mol. The number of aryl methyl sites for hydroxylation is 2. The molecule has 4 rings (SSSR count). The topological polar surface area (TPSA) is 73.2 Å². The van der Waals surface area contributed by atoms with Gasteiger partial charge in [-0.15, -0.1) is 0 Å². The van der Waals surface area contributed by atoms with Gasteiger partial charge in [-0.1, -0.05) is 0 Å². The second-order valence-electron chi connectivity index (χ2n) is 8.20. The summed E-state index contributed by atoms with van der Waals surface area (Å²) in [6.07, 6.45) is 1.87. The molecule has 0 spiro atoms. The van der Waals surface area contributed by atoms with Crippen LogP contribution < -0.4 is 19.7 Å². The Kier molecular flexibility index (Phi) is 7.08. The van der Waals surface area contributed by atoms with Gasteiger partial charge in [-0.05, 0) is 51.0 Å². The number of benzene rings is 2. The lowest BCUT2D eigenvalue weighted by molar-refractivity contribution is -0.115. The SMILES string of the molecule is CCOc1cc(N2CCOCC2)c(OCC)cc1NC(=O)Cc1coc2cc(C)c(C)cc12. The van der Waals surface area contributed by atoms with E-state index in [0.29, 0.717) is 37.9 Å². The van der Waals surface area contributed by atoms with E-state index in [-0.39, 0.29) is 12.3 Å². The van der Waals surface area contributed by atoms with E-state index in [9.17, 15) is 4.79 Å². The second kappa shape index (κ2) is 10.2. The molecule has 1 fully saturated rings. The first-order chi connectivity index (χ1) is 16.0. The summed E-state index contributed by atoms with van der Waals surface area (Å²) >= 11 is 0. The number of amides is 1. The Morgan fingerprint density at radius 3 is 2.42 bits per heavy atom. The monoisotopic (exact) mass is 452 g/mol. The van der Waals surface area contributed by atoms with Crippen molar-refractivity contribution in [2.75, 3.05) is 49.7 Å². The van der Waals surface area contributed by atoms with Crippen molar-refractivity contribution < 1.29 is 23.4 Å². The number of carbonyl (C=O) groups excluding carboxylic acids is 1. The van der Waals surface area contributed by atoms with Crippen molar-refractivity contribution in [3.05, 3.63) is 47.2 Å². The van der Waals surface area contributed by atoms with E-state index in [4.69, 9.17) is 18.6 Å². The Labute approximate surface area is 194 Å². The minimum absolute atomic E-state index is 0.140. The van der Waals surface area contributed by atoms with Crippen LogP contribution in [0.3, 0.4) is 0 Å². The number of hydrogen-bond donors (Lipinski definition) is 1. The molecule has 1 aliphatic rings. The van der Waals surface area contributed by atoms with Crippen molar-refractivity contribution in [1.82, 2.24) is 0 Å². The molecule has 3 aromatic rings. The Balaban J connectivity index is 1.60. The molecule has 7 nitrogen and oxygen atoms in total. The quantitative estimate of drug-likeness (QED) is 0.526. The molecule has 1 aliphatic heterocycles. The van der Waals surface area contributed by atoms with E-state index in [1.807, 2.05) is 32.0 Å². The normalized spacial score (nSPS) is 13.9. The van der Waals surface area contributed by atoms with Crippen molar-refractivity contribution in [2.45, 2.75) is 34.1 Å². The average Bonchev–Trinajstić information content (AvgIpc) is 3.17. The summed E-state index contributed by atoms with van der Waals surface area (Å²) in [5.41, 5.74) is 5.54. The van der Waals surface area contributed by atoms with Crippen molar-refractivity contribution in [3.63, 3.8) is 0 Å². The highest BCUT2D eigenvalue weighted by Gasteiger charge is 2.21. The summed E-state index contributed by atoms with van der Waals surface area (Å²) in [4.78, 5) is 15.2. The zero-order valence-corrected chi connectivity index (χ0v) is 19.8. The van der Waals surface area contributed by atoms with Crippen LogP contribution in [0.15, 0.2) is 34.9 Å². The summed E-state index contributed by atoms with van der Waals surface area (Å²) < 4.78 is 23.0. The largest absolute Gasteiger partial charge is 0.492 e. The molecule has 2 aromatic carbocycles. The minimum atomic E-state index is -0.140. The molecule has 33 heavy (non-hydrogen) atoms. The number of nitrogens with zero attached hydrogens (tertiary/aromatic N) is 1. The van der Waals surface area contributed by atoms with Crippen LogP contribution in [0.5, 0.6) is 11.5 Å². The number of hydrogen-bond acceptors (Lipinski definition) is 6. The van der Waals surface area contributed by atoms with Crippen LogP contribution in [0, 0.1) is 13.8 Å². The van der Waals surface area contributed by atoms with Gasteiger partial charge in [0, 0.05) is 36.2 Å². The maximum atomic E-state index is 13.0. The molecular formula is C26H32N2O5. The molecule has 7 heteroatoms. The molecule has 0 atom stereocenters. The number of furan rings is 1. The molecular weight excluding hydrogens is 420 g/mol. The van der Waals surface area contributed by atoms with E-state index in [0.717, 1.165) is 46.6 Å². The summed E-state index contributed by atoms with van der Waals surface area (Å²) in [6, 6.07) is 7.90. The molecule has 0 bridgehead atoms. The van der Waals surface area contributed by atoms with Crippen LogP contribution in [-0.2, 0) is 16.0 Å². The van der Waals surface area contributed by atoms with Crippen molar-refractivity contribution >= 4 is 28.3 Å². The van der Waals surface area contributed by atoms with Gasteiger partial charge < -0.3 is 28.8 Å². The van der Waals surface area contributed by atoms with E-state index < -0.39 is 0 Å². The van der Waals surface area contributed by atoms with Crippen molar-refractivity contribution in [2.24, 2.45) is 0 Å². The fourth-order valence-corrected chi connectivity index (χ4v) is 4.08. The summed E-state index contributed by atoms with van der Waals surface area (Å²) in [5, 5.41) is 3.99. The number of rotatable bonds is 8. The molecule has 2 heterocycles. The zero-order valence-electron chi connectivity index (χ0n) is 19.8. The molecule has 176 valence electrons. The Morgan fingerprint density at radius 1 is 1.00 bits per heavy atom. The van der Waals surface area contributed by atoms with Gasteiger partial charge in [-0.3, -0.25) is 4.79 Å². The maximum absolute atomic E-state index is 13.0. The third-order valence-electron chi connectivity index (χ3n) is 5.91. The van der Waals surface area contributed by atoms with E-state index in [2.05, 4.69) is 30.1 Å². The lowest BCUT2D eigenvalue weighted by Crippen LogP contribution is -2.36. The molecule has 0 aliphatic carbocycles. The highest BCUT2D eigenvalue weighted by molar-refractivity contribution is 5.97. The maximum Gasteiger partial charge on any atom is 0.229 e. The summed E-state index contributed by atoms with van der Waals surface area (Å²) in [5.74, 6) is 1.20. The Morgan fingerprint density at radius 2 is 1.70 bits per heavy atom. The van der Waals surface area contributed by atoms with Gasteiger partial charge in [0.15, 0.2) is 0 Å². The van der Waals surface area contributed by atoms with Gasteiger partial charge in [-0.2, -0.15) is 0 Å². The molecule has 1 N–H and O–H groups in total. The number of fused-ring (bicyclic) bond motifs is 1. The van der Waals surface area contributed by atoms with Crippen LogP contribution in [0.4, 0.5) is 11.4 Å². The van der Waals surface area contributed by atoms with Crippen molar-refractivity contribution in [1.29, 1.82) is 0 Å². The standard InChI is InChI=1S/C26H32N2O5/c1-5-31-24-15-22(28-7-9-30-10-8-28)25(32-6-2)14-21(24)27-26(29)13-19-16-33-23-12-18(4)17(3)11-20(19)23/h11-12,14-16H,5-10,13H2,1-4H3,(H,27,29). The van der Waals surface area contributed by atoms with Crippen LogP contribution in [0.25, 0.3) is 11.0 Å². The molecule has 1 saturated heterocycles. The molecule has 1 aromatic heterocycles. The minimum Gasteiger partial charge on any atom is -0.492 e. The first-order valence-corrected chi connectivity index (χ1v) is 11.5. The Hall–Kier alpha value is -3.19. The molecule has 1 amide bonds. The van der Waals surface area contributed by atoms with Gasteiger partial charge >= 0.3 is 0 Å². The molecule has 0 unspecified atom stereocenters. The van der Waals surface area contributed by atoms with E-state index in [1.54, 1.807) is 6.26 Å². The van der Waals surface area contributed by atoms with Gasteiger partial charge in [0.1, 0.15) is 17.1 Å². The predicted molar refractivity (Wildman–Crippen MR) is 130 cm³/mol. The number of nitrogens with one attached hydrogen (secondary N) is 1. The fraction of sp³-hybridized carbons (Fsp3) is 0.423. The van der Waals surface area contributed by atoms with Crippen molar-refractivity contribution in [3.8, 4) is 11.5 Å². The first-order valence-electron chi connectivity index (χ1n) is 11.5. The number of morpholine rings is 1. The van der Waals surface area contributed by atoms with E-state index in [1.165, 1.54) is 5.56 Å². The van der Waals surface area contributed by atoms with Crippen LogP contribution in [-0.4, -0.2) is 45.4 Å². The predicted octanol–water partition coefficient (Wildman–Crippen LogP) is 4.86. The van der Waals surface area contributed by atoms with Gasteiger partial charge in [-0.25, -0.2) is 0 Å². The number of carbonyl (C=O) groups is 1. The Bertz CT molecular complexity index is 1130. The summed E-state index contributed by atoms with van der Waals surface area (Å²) in [6.45, 7) is 11.9. The van der Waals surface area contributed by atoms with Gasteiger partial charge in [0.2, 0.25) is 5.91 Å². The third kappa shape index (κ3) is 5.09. The zero-order chi connectivity index (χ0) is 23.4. The van der Waals surface area contributed by atoms with Crippen LogP contribution in [0.2, 0.25) is 0 Å². The number of anilines is 2. The third-order valence-corrected chi connectivity index (χ3v) is 5.91. The van der Waals surface area contributed by atoms with Gasteiger partial charge in [0.05, 0.1) is 50.5 Å². The number of ether oxygens (including phenoxy) is 3.